The number of rotatable bonds is 7. The molecule has 3 nitrogen and oxygen atoms in total. The number of carbonyl (C=O) groups is 1. The van der Waals surface area contributed by atoms with E-state index in [9.17, 15) is 4.79 Å². The third kappa shape index (κ3) is 5.16. The van der Waals surface area contributed by atoms with E-state index in [2.05, 4.69) is 5.32 Å². The normalized spacial score (nSPS) is 12.1. The predicted molar refractivity (Wildman–Crippen MR) is 87.1 cm³/mol. The highest BCUT2D eigenvalue weighted by Crippen LogP contribution is 2.21. The second-order valence-corrected chi connectivity index (χ2v) is 6.35. The van der Waals surface area contributed by atoms with E-state index < -0.39 is 0 Å². The van der Waals surface area contributed by atoms with Crippen LogP contribution in [0.5, 0.6) is 0 Å². The Morgan fingerprint density at radius 1 is 1.29 bits per heavy atom. The summed E-state index contributed by atoms with van der Waals surface area (Å²) in [6.07, 6.45) is 0.847. The molecule has 1 unspecified atom stereocenters. The molecule has 1 heterocycles. The minimum absolute atomic E-state index is 0.0676. The minimum Gasteiger partial charge on any atom is -0.374 e. The molecule has 0 bridgehead atoms. The monoisotopic (exact) mass is 323 g/mol. The molecule has 1 amide bonds. The molecular formula is C16H18ClNO2S. The predicted octanol–water partition coefficient (Wildman–Crippen LogP) is 4.30. The number of ether oxygens (including phenoxy) is 1. The number of hydrogen-bond acceptors (Lipinski definition) is 3. The van der Waals surface area contributed by atoms with Gasteiger partial charge in [0.1, 0.15) is 0 Å². The molecule has 0 aliphatic rings. The maximum Gasteiger partial charge on any atom is 0.261 e. The van der Waals surface area contributed by atoms with Crippen LogP contribution in [0.4, 0.5) is 0 Å². The molecular weight excluding hydrogens is 306 g/mol. The van der Waals surface area contributed by atoms with Gasteiger partial charge in [-0.25, -0.2) is 0 Å². The van der Waals surface area contributed by atoms with Crippen molar-refractivity contribution in [3.8, 4) is 0 Å². The SMILES string of the molecule is CC(OCCCNC(=O)c1ccc(Cl)s1)c1ccccc1. The fourth-order valence-corrected chi connectivity index (χ4v) is 2.84. The first-order valence-corrected chi connectivity index (χ1v) is 8.06. The summed E-state index contributed by atoms with van der Waals surface area (Å²) in [5, 5.41) is 2.86. The van der Waals surface area contributed by atoms with Gasteiger partial charge in [-0.05, 0) is 31.0 Å². The van der Waals surface area contributed by atoms with Crippen molar-refractivity contribution < 1.29 is 9.53 Å². The highest BCUT2D eigenvalue weighted by Gasteiger charge is 2.08. The van der Waals surface area contributed by atoms with E-state index >= 15 is 0 Å². The van der Waals surface area contributed by atoms with Crippen molar-refractivity contribution in [1.29, 1.82) is 0 Å². The lowest BCUT2D eigenvalue weighted by Crippen LogP contribution is -2.24. The molecule has 2 rings (SSSR count). The van der Waals surface area contributed by atoms with Crippen LogP contribution in [0.3, 0.4) is 0 Å². The van der Waals surface area contributed by atoms with E-state index in [1.54, 1.807) is 12.1 Å². The van der Waals surface area contributed by atoms with Crippen LogP contribution < -0.4 is 5.32 Å². The Morgan fingerprint density at radius 2 is 2.05 bits per heavy atom. The van der Waals surface area contributed by atoms with Gasteiger partial charge >= 0.3 is 0 Å². The first-order chi connectivity index (χ1) is 10.2. The standard InChI is InChI=1S/C16H18ClNO2S/c1-12(13-6-3-2-4-7-13)20-11-5-10-18-16(19)14-8-9-15(17)21-14/h2-4,6-9,12H,5,10-11H2,1H3,(H,18,19). The lowest BCUT2D eigenvalue weighted by atomic mass is 10.1. The maximum atomic E-state index is 11.8. The van der Waals surface area contributed by atoms with E-state index in [4.69, 9.17) is 16.3 Å². The minimum atomic E-state index is -0.0805. The summed E-state index contributed by atoms with van der Waals surface area (Å²) in [5.41, 5.74) is 1.16. The van der Waals surface area contributed by atoms with E-state index in [0.29, 0.717) is 22.4 Å². The highest BCUT2D eigenvalue weighted by atomic mass is 35.5. The molecule has 0 fully saturated rings. The topological polar surface area (TPSA) is 38.3 Å². The highest BCUT2D eigenvalue weighted by molar-refractivity contribution is 7.17. The molecule has 0 spiro atoms. The Morgan fingerprint density at radius 3 is 2.71 bits per heavy atom. The largest absolute Gasteiger partial charge is 0.374 e. The van der Waals surface area contributed by atoms with Crippen molar-refractivity contribution in [2.75, 3.05) is 13.2 Å². The van der Waals surface area contributed by atoms with Gasteiger partial charge in [0.05, 0.1) is 15.3 Å². The molecule has 1 atom stereocenters. The van der Waals surface area contributed by atoms with Gasteiger partial charge < -0.3 is 10.1 Å². The van der Waals surface area contributed by atoms with Crippen molar-refractivity contribution in [2.45, 2.75) is 19.4 Å². The zero-order chi connectivity index (χ0) is 15.1. The van der Waals surface area contributed by atoms with Crippen molar-refractivity contribution in [3.05, 3.63) is 57.2 Å². The third-order valence-electron chi connectivity index (χ3n) is 3.04. The van der Waals surface area contributed by atoms with Gasteiger partial charge in [-0.3, -0.25) is 4.79 Å². The quantitative estimate of drug-likeness (QED) is 0.771. The van der Waals surface area contributed by atoms with Crippen LogP contribution in [0, 0.1) is 0 Å². The summed E-state index contributed by atoms with van der Waals surface area (Å²) < 4.78 is 6.38. The zero-order valence-corrected chi connectivity index (χ0v) is 13.4. The molecule has 0 saturated carbocycles. The maximum absolute atomic E-state index is 11.8. The van der Waals surface area contributed by atoms with Gasteiger partial charge in [-0.15, -0.1) is 11.3 Å². The van der Waals surface area contributed by atoms with Crippen LogP contribution >= 0.6 is 22.9 Å². The smallest absolute Gasteiger partial charge is 0.261 e. The molecule has 112 valence electrons. The van der Waals surface area contributed by atoms with Crippen molar-refractivity contribution >= 4 is 28.8 Å². The molecule has 2 aromatic rings. The number of amides is 1. The van der Waals surface area contributed by atoms with Gasteiger partial charge in [-0.2, -0.15) is 0 Å². The van der Waals surface area contributed by atoms with Crippen LogP contribution in [-0.4, -0.2) is 19.1 Å². The number of carbonyl (C=O) groups excluding carboxylic acids is 1. The number of benzene rings is 1. The molecule has 1 aromatic heterocycles. The summed E-state index contributed by atoms with van der Waals surface area (Å²) in [7, 11) is 0. The Balaban J connectivity index is 1.63. The van der Waals surface area contributed by atoms with E-state index in [0.717, 1.165) is 12.0 Å². The van der Waals surface area contributed by atoms with Crippen LogP contribution in [-0.2, 0) is 4.74 Å². The Bertz CT molecular complexity index is 571. The van der Waals surface area contributed by atoms with E-state index in [1.807, 2.05) is 37.3 Å². The first kappa shape index (κ1) is 16.0. The van der Waals surface area contributed by atoms with Crippen LogP contribution in [0.15, 0.2) is 42.5 Å². The second kappa shape index (κ2) is 8.17. The van der Waals surface area contributed by atoms with Gasteiger partial charge in [-0.1, -0.05) is 41.9 Å². The summed E-state index contributed by atoms with van der Waals surface area (Å²) >= 11 is 7.08. The van der Waals surface area contributed by atoms with Crippen LogP contribution in [0.2, 0.25) is 4.34 Å². The number of halogens is 1. The average molecular weight is 324 g/mol. The Kier molecular flexibility index (Phi) is 6.23. The zero-order valence-electron chi connectivity index (χ0n) is 11.8. The molecule has 5 heteroatoms. The summed E-state index contributed by atoms with van der Waals surface area (Å²) in [4.78, 5) is 12.4. The van der Waals surface area contributed by atoms with Crippen molar-refractivity contribution in [2.24, 2.45) is 0 Å². The first-order valence-electron chi connectivity index (χ1n) is 6.87. The fraction of sp³-hybridized carbons (Fsp3) is 0.312. The molecule has 0 saturated heterocycles. The summed E-state index contributed by atoms with van der Waals surface area (Å²) in [6.45, 7) is 3.24. The number of nitrogens with one attached hydrogen (secondary N) is 1. The number of thiophene rings is 1. The van der Waals surface area contributed by atoms with E-state index in [-0.39, 0.29) is 12.0 Å². The molecule has 0 aliphatic carbocycles. The number of hydrogen-bond donors (Lipinski definition) is 1. The van der Waals surface area contributed by atoms with Gasteiger partial charge in [0.15, 0.2) is 0 Å². The molecule has 0 aliphatic heterocycles. The van der Waals surface area contributed by atoms with Crippen molar-refractivity contribution in [1.82, 2.24) is 5.32 Å². The van der Waals surface area contributed by atoms with Crippen molar-refractivity contribution in [3.63, 3.8) is 0 Å². The Labute approximate surface area is 133 Å². The summed E-state index contributed by atoms with van der Waals surface area (Å²) in [5.74, 6) is -0.0805. The van der Waals surface area contributed by atoms with Gasteiger partial charge in [0, 0.05) is 13.2 Å². The lowest BCUT2D eigenvalue weighted by Gasteiger charge is -2.13. The molecule has 21 heavy (non-hydrogen) atoms. The van der Waals surface area contributed by atoms with Gasteiger partial charge in [0.2, 0.25) is 0 Å². The summed E-state index contributed by atoms with van der Waals surface area (Å²) in [6, 6.07) is 13.5. The molecule has 1 aromatic carbocycles. The van der Waals surface area contributed by atoms with E-state index in [1.165, 1.54) is 11.3 Å². The average Bonchev–Trinajstić information content (AvgIpc) is 2.94. The molecule has 0 radical (unpaired) electrons. The van der Waals surface area contributed by atoms with Crippen LogP contribution in [0.1, 0.15) is 34.7 Å². The fourth-order valence-electron chi connectivity index (χ4n) is 1.88. The lowest BCUT2D eigenvalue weighted by molar-refractivity contribution is 0.0635. The Hall–Kier alpha value is -1.36. The molecule has 1 N–H and O–H groups in total. The third-order valence-corrected chi connectivity index (χ3v) is 4.27. The van der Waals surface area contributed by atoms with Gasteiger partial charge in [0.25, 0.3) is 5.91 Å². The van der Waals surface area contributed by atoms with Crippen LogP contribution in [0.25, 0.3) is 0 Å². The second-order valence-electron chi connectivity index (χ2n) is 4.64.